The van der Waals surface area contributed by atoms with Crippen LogP contribution >= 0.6 is 0 Å². The van der Waals surface area contributed by atoms with Crippen molar-refractivity contribution in [2.24, 2.45) is 0 Å². The molecule has 0 radical (unpaired) electrons. The molecule has 3 aromatic rings. The maximum atomic E-state index is 12.6. The van der Waals surface area contributed by atoms with Crippen molar-refractivity contribution < 1.29 is 9.32 Å². The van der Waals surface area contributed by atoms with Crippen LogP contribution in [0.4, 0.5) is 5.69 Å². The van der Waals surface area contributed by atoms with Gasteiger partial charge < -0.3 is 9.84 Å². The molecule has 0 fully saturated rings. The van der Waals surface area contributed by atoms with Crippen molar-refractivity contribution in [2.75, 3.05) is 5.32 Å². The largest absolute Gasteiger partial charge is 0.360 e. The lowest BCUT2D eigenvalue weighted by atomic mass is 10.0. The first kappa shape index (κ1) is 15.0. The molecule has 23 heavy (non-hydrogen) atoms. The topological polar surface area (TPSA) is 83.8 Å². The standard InChI is InChI=1S/C17H18N4O2/c1-10(2)16-15(11(3)21-23-16)17(22)19-13-6-4-5-12(9-13)14-7-8-18-20-14/h4-10H,1-3H3,(H,18,20)(H,19,22). The number of hydrogen-bond donors (Lipinski definition) is 2. The van der Waals surface area contributed by atoms with E-state index >= 15 is 0 Å². The Labute approximate surface area is 133 Å². The molecular weight excluding hydrogens is 292 g/mol. The van der Waals surface area contributed by atoms with Crippen molar-refractivity contribution in [3.8, 4) is 11.3 Å². The molecule has 2 heterocycles. The first-order valence-corrected chi connectivity index (χ1v) is 7.43. The van der Waals surface area contributed by atoms with Crippen LogP contribution in [0.3, 0.4) is 0 Å². The normalized spacial score (nSPS) is 11.0. The fourth-order valence-electron chi connectivity index (χ4n) is 2.43. The second kappa shape index (κ2) is 6.08. The third-order valence-corrected chi connectivity index (χ3v) is 3.57. The highest BCUT2D eigenvalue weighted by Gasteiger charge is 2.22. The van der Waals surface area contributed by atoms with Crippen LogP contribution in [-0.2, 0) is 0 Å². The molecule has 0 aliphatic carbocycles. The van der Waals surface area contributed by atoms with E-state index in [9.17, 15) is 4.79 Å². The van der Waals surface area contributed by atoms with Crippen molar-refractivity contribution in [1.82, 2.24) is 15.4 Å². The number of carbonyl (C=O) groups excluding carboxylic acids is 1. The van der Waals surface area contributed by atoms with Crippen LogP contribution in [0, 0.1) is 6.92 Å². The number of hydrogen-bond acceptors (Lipinski definition) is 4. The summed E-state index contributed by atoms with van der Waals surface area (Å²) in [6.45, 7) is 5.70. The number of aryl methyl sites for hydroxylation is 1. The van der Waals surface area contributed by atoms with Crippen LogP contribution in [0.15, 0.2) is 41.1 Å². The first-order chi connectivity index (χ1) is 11.1. The van der Waals surface area contributed by atoms with Crippen molar-refractivity contribution in [3.05, 3.63) is 53.5 Å². The highest BCUT2D eigenvalue weighted by Crippen LogP contribution is 2.25. The lowest BCUT2D eigenvalue weighted by Crippen LogP contribution is -2.14. The summed E-state index contributed by atoms with van der Waals surface area (Å²) in [6.07, 6.45) is 1.69. The van der Waals surface area contributed by atoms with Crippen LogP contribution in [0.2, 0.25) is 0 Å². The summed E-state index contributed by atoms with van der Waals surface area (Å²) >= 11 is 0. The zero-order valence-corrected chi connectivity index (χ0v) is 13.3. The van der Waals surface area contributed by atoms with Crippen molar-refractivity contribution >= 4 is 11.6 Å². The Hall–Kier alpha value is -2.89. The highest BCUT2D eigenvalue weighted by atomic mass is 16.5. The number of nitrogens with zero attached hydrogens (tertiary/aromatic N) is 2. The third-order valence-electron chi connectivity index (χ3n) is 3.57. The van der Waals surface area contributed by atoms with Gasteiger partial charge in [0.1, 0.15) is 5.56 Å². The Kier molecular flexibility index (Phi) is 3.97. The zero-order valence-electron chi connectivity index (χ0n) is 13.3. The zero-order chi connectivity index (χ0) is 16.4. The van der Waals surface area contributed by atoms with Gasteiger partial charge in [-0.15, -0.1) is 0 Å². The number of anilines is 1. The fraction of sp³-hybridized carbons (Fsp3) is 0.235. The van der Waals surface area contributed by atoms with Crippen molar-refractivity contribution in [1.29, 1.82) is 0 Å². The number of rotatable bonds is 4. The number of benzene rings is 1. The van der Waals surface area contributed by atoms with E-state index in [-0.39, 0.29) is 11.8 Å². The Morgan fingerprint density at radius 3 is 2.83 bits per heavy atom. The Bertz CT molecular complexity index is 819. The summed E-state index contributed by atoms with van der Waals surface area (Å²) in [5, 5.41) is 13.7. The van der Waals surface area contributed by atoms with Gasteiger partial charge in [0.25, 0.3) is 5.91 Å². The molecule has 0 atom stereocenters. The highest BCUT2D eigenvalue weighted by molar-refractivity contribution is 6.06. The smallest absolute Gasteiger partial charge is 0.261 e. The predicted octanol–water partition coefficient (Wildman–Crippen LogP) is 3.75. The molecule has 6 nitrogen and oxygen atoms in total. The van der Waals surface area contributed by atoms with E-state index in [0.717, 1.165) is 11.3 Å². The SMILES string of the molecule is Cc1noc(C(C)C)c1C(=O)Nc1cccc(-c2ccn[nH]2)c1. The molecule has 2 aromatic heterocycles. The monoisotopic (exact) mass is 310 g/mol. The summed E-state index contributed by atoms with van der Waals surface area (Å²) in [5.41, 5.74) is 3.65. The summed E-state index contributed by atoms with van der Waals surface area (Å²) < 4.78 is 5.27. The van der Waals surface area contributed by atoms with E-state index in [1.807, 2.05) is 44.2 Å². The molecule has 118 valence electrons. The fourth-order valence-corrected chi connectivity index (χ4v) is 2.43. The van der Waals surface area contributed by atoms with E-state index in [0.29, 0.717) is 22.7 Å². The minimum atomic E-state index is -0.214. The van der Waals surface area contributed by atoms with Crippen LogP contribution in [0.5, 0.6) is 0 Å². The van der Waals surface area contributed by atoms with Gasteiger partial charge in [0.15, 0.2) is 5.76 Å². The van der Waals surface area contributed by atoms with Crippen LogP contribution in [0.25, 0.3) is 11.3 Å². The molecule has 0 aliphatic heterocycles. The quantitative estimate of drug-likeness (QED) is 0.768. The molecular formula is C17H18N4O2. The van der Waals surface area contributed by atoms with Gasteiger partial charge >= 0.3 is 0 Å². The van der Waals surface area contributed by atoms with Crippen LogP contribution in [0.1, 0.15) is 41.6 Å². The van der Waals surface area contributed by atoms with E-state index in [4.69, 9.17) is 4.52 Å². The predicted molar refractivity (Wildman–Crippen MR) is 87.3 cm³/mol. The number of aromatic nitrogens is 3. The van der Waals surface area contributed by atoms with Gasteiger partial charge in [0.2, 0.25) is 0 Å². The maximum absolute atomic E-state index is 12.6. The molecule has 1 aromatic carbocycles. The lowest BCUT2D eigenvalue weighted by molar-refractivity contribution is 0.102. The Morgan fingerprint density at radius 2 is 2.13 bits per heavy atom. The van der Waals surface area contributed by atoms with Crippen molar-refractivity contribution in [2.45, 2.75) is 26.7 Å². The summed E-state index contributed by atoms with van der Waals surface area (Å²) in [6, 6.07) is 9.45. The van der Waals surface area contributed by atoms with Crippen molar-refractivity contribution in [3.63, 3.8) is 0 Å². The molecule has 0 aliphatic rings. The molecule has 2 N–H and O–H groups in total. The minimum absolute atomic E-state index is 0.0910. The van der Waals surface area contributed by atoms with Gasteiger partial charge in [-0.25, -0.2) is 0 Å². The van der Waals surface area contributed by atoms with Crippen LogP contribution in [-0.4, -0.2) is 21.3 Å². The van der Waals surface area contributed by atoms with E-state index < -0.39 is 0 Å². The average molecular weight is 310 g/mol. The van der Waals surface area contributed by atoms with Gasteiger partial charge in [-0.05, 0) is 25.1 Å². The molecule has 0 saturated heterocycles. The van der Waals surface area contributed by atoms with Gasteiger partial charge in [-0.3, -0.25) is 9.89 Å². The van der Waals surface area contributed by atoms with Crippen LogP contribution < -0.4 is 5.32 Å². The number of nitrogens with one attached hydrogen (secondary N) is 2. The number of amides is 1. The van der Waals surface area contributed by atoms with Gasteiger partial charge in [-0.2, -0.15) is 5.10 Å². The molecule has 0 saturated carbocycles. The van der Waals surface area contributed by atoms with E-state index in [2.05, 4.69) is 20.7 Å². The third kappa shape index (κ3) is 3.01. The number of carbonyl (C=O) groups is 1. The number of H-pyrrole nitrogens is 1. The molecule has 0 bridgehead atoms. The van der Waals surface area contributed by atoms with Gasteiger partial charge in [-0.1, -0.05) is 31.1 Å². The van der Waals surface area contributed by atoms with E-state index in [1.54, 1.807) is 13.1 Å². The molecule has 1 amide bonds. The molecule has 6 heteroatoms. The second-order valence-corrected chi connectivity index (χ2v) is 5.67. The van der Waals surface area contributed by atoms with Gasteiger partial charge in [0.05, 0.1) is 11.4 Å². The summed E-state index contributed by atoms with van der Waals surface area (Å²) in [7, 11) is 0. The summed E-state index contributed by atoms with van der Waals surface area (Å²) in [5.74, 6) is 0.479. The maximum Gasteiger partial charge on any atom is 0.261 e. The summed E-state index contributed by atoms with van der Waals surface area (Å²) in [4.78, 5) is 12.6. The molecule has 0 unspecified atom stereocenters. The lowest BCUT2D eigenvalue weighted by Gasteiger charge is -2.08. The molecule has 0 spiro atoms. The van der Waals surface area contributed by atoms with E-state index in [1.165, 1.54) is 0 Å². The molecule has 3 rings (SSSR count). The Morgan fingerprint density at radius 1 is 1.30 bits per heavy atom. The average Bonchev–Trinajstić information content (AvgIpc) is 3.16. The number of aromatic amines is 1. The minimum Gasteiger partial charge on any atom is -0.360 e. The second-order valence-electron chi connectivity index (χ2n) is 5.67. The van der Waals surface area contributed by atoms with Gasteiger partial charge in [0, 0.05) is 23.4 Å². The Balaban J connectivity index is 1.87. The first-order valence-electron chi connectivity index (χ1n) is 7.43.